The summed E-state index contributed by atoms with van der Waals surface area (Å²) in [6.07, 6.45) is -2.36. The van der Waals surface area contributed by atoms with E-state index in [1.54, 1.807) is 0 Å². The van der Waals surface area contributed by atoms with Crippen LogP contribution >= 0.6 is 0 Å². The average Bonchev–Trinajstić information content (AvgIpc) is 1.97. The highest BCUT2D eigenvalue weighted by Crippen LogP contribution is 2.04. The first kappa shape index (κ1) is 11.0. The Kier molecular flexibility index (Phi) is 3.88. The van der Waals surface area contributed by atoms with Crippen LogP contribution in [0.3, 0.4) is 0 Å². The molecule has 14 heavy (non-hydrogen) atoms. The summed E-state index contributed by atoms with van der Waals surface area (Å²) in [5.41, 5.74) is 0. The van der Waals surface area contributed by atoms with E-state index < -0.39 is 24.4 Å². The molecular formula is C9H18NO4+. The maximum absolute atomic E-state index is 10.8. The van der Waals surface area contributed by atoms with Crippen LogP contribution in [-0.4, -0.2) is 55.3 Å². The van der Waals surface area contributed by atoms with Gasteiger partial charge in [-0.2, -0.15) is 0 Å². The lowest BCUT2D eigenvalue weighted by Crippen LogP contribution is -2.43. The number of quaternary nitrogens is 1. The number of nitrogens with zero attached hydrogens (tertiary/aromatic N) is 1. The van der Waals surface area contributed by atoms with Gasteiger partial charge in [0.25, 0.3) is 0 Å². The zero-order chi connectivity index (χ0) is 12.2. The predicted octanol–water partition coefficient (Wildman–Crippen LogP) is 0.0990. The molecule has 0 aliphatic carbocycles. The van der Waals surface area contributed by atoms with E-state index in [-0.39, 0.29) is 0 Å². The second kappa shape index (κ2) is 4.95. The molecule has 0 spiro atoms. The lowest BCUT2D eigenvalue weighted by atomic mass is 10.2. The summed E-state index contributed by atoms with van der Waals surface area (Å²) in [5.74, 6) is -1.85. The molecule has 0 heterocycles. The molecule has 0 aliphatic heterocycles. The third-order valence-electron chi connectivity index (χ3n) is 1.37. The Morgan fingerprint density at radius 1 is 1.50 bits per heavy atom. The summed E-state index contributed by atoms with van der Waals surface area (Å²) in [6, 6.07) is 0. The lowest BCUT2D eigenvalue weighted by Gasteiger charge is -2.28. The molecular weight excluding hydrogens is 186 g/mol. The Hall–Kier alpha value is -1.10. The van der Waals surface area contributed by atoms with Crippen LogP contribution in [0.1, 0.15) is 14.7 Å². The van der Waals surface area contributed by atoms with E-state index >= 15 is 0 Å². The minimum absolute atomic E-state index is 0.292. The van der Waals surface area contributed by atoms with Gasteiger partial charge in [-0.25, -0.2) is 0 Å². The number of rotatable bonds is 5. The Labute approximate surface area is 85.3 Å². The minimum atomic E-state index is -1.44. The number of carboxylic acids is 1. The van der Waals surface area contributed by atoms with Crippen molar-refractivity contribution < 1.29 is 25.3 Å². The molecule has 0 bridgehead atoms. The van der Waals surface area contributed by atoms with Gasteiger partial charge in [-0.05, 0) is 0 Å². The van der Waals surface area contributed by atoms with Crippen LogP contribution in [0.25, 0.3) is 0 Å². The summed E-state index contributed by atoms with van der Waals surface area (Å²) in [6.45, 7) is 1.50. The van der Waals surface area contributed by atoms with Gasteiger partial charge in [-0.15, -0.1) is 0 Å². The number of aliphatic carboxylic acids is 1. The van der Waals surface area contributed by atoms with Crippen molar-refractivity contribution in [3.05, 3.63) is 0 Å². The van der Waals surface area contributed by atoms with E-state index in [9.17, 15) is 9.59 Å². The van der Waals surface area contributed by atoms with Crippen molar-refractivity contribution in [2.75, 3.05) is 27.7 Å². The zero-order valence-corrected chi connectivity index (χ0v) is 8.98. The molecule has 0 aromatic heterocycles. The van der Waals surface area contributed by atoms with Crippen LogP contribution in [0.2, 0.25) is 0 Å². The smallest absolute Gasteiger partial charge is 0.307 e. The number of hydrogen-bond donors (Lipinski definition) is 1. The van der Waals surface area contributed by atoms with Crippen LogP contribution in [0.15, 0.2) is 0 Å². The molecule has 2 atom stereocenters. The molecule has 0 rings (SSSR count). The van der Waals surface area contributed by atoms with Gasteiger partial charge in [0.1, 0.15) is 6.54 Å². The van der Waals surface area contributed by atoms with Gasteiger partial charge in [-0.1, -0.05) is 0 Å². The van der Waals surface area contributed by atoms with Gasteiger partial charge < -0.3 is 14.3 Å². The Morgan fingerprint density at radius 2 is 2.00 bits per heavy atom. The maximum Gasteiger partial charge on any atom is 0.307 e. The van der Waals surface area contributed by atoms with E-state index in [0.717, 1.165) is 0 Å². The molecule has 0 saturated heterocycles. The van der Waals surface area contributed by atoms with Gasteiger partial charge >= 0.3 is 11.9 Å². The molecule has 0 radical (unpaired) electrons. The fraction of sp³-hybridized carbons (Fsp3) is 0.778. The van der Waals surface area contributed by atoms with Gasteiger partial charge in [0.2, 0.25) is 0 Å². The van der Waals surface area contributed by atoms with Crippen molar-refractivity contribution in [3.8, 4) is 0 Å². The standard InChI is InChI=1S/C9H17NO4/c1-7(11)14-8(5-9(12)13)6-10(2,3)4/h8H,5-6H2,1-4H3/p+1/t8-/m1/s1/i5D/t5-,8-. The Morgan fingerprint density at radius 3 is 2.29 bits per heavy atom. The number of ether oxygens (including phenoxy) is 1. The van der Waals surface area contributed by atoms with Crippen molar-refractivity contribution in [2.24, 2.45) is 0 Å². The molecule has 0 amide bonds. The second-order valence-electron chi connectivity index (χ2n) is 4.13. The van der Waals surface area contributed by atoms with E-state index in [4.69, 9.17) is 11.2 Å². The van der Waals surface area contributed by atoms with Crippen molar-refractivity contribution in [2.45, 2.75) is 19.4 Å². The Bertz CT molecular complexity index is 249. The third kappa shape index (κ3) is 7.54. The number of carboxylic acid groups (broad SMARTS) is 1. The first-order valence-corrected chi connectivity index (χ1v) is 4.26. The van der Waals surface area contributed by atoms with Crippen LogP contribution in [0.5, 0.6) is 0 Å². The number of hydrogen-bond acceptors (Lipinski definition) is 3. The molecule has 0 fully saturated rings. The van der Waals surface area contributed by atoms with Crippen molar-refractivity contribution in [3.63, 3.8) is 0 Å². The number of carbonyl (C=O) groups excluding carboxylic acids is 1. The second-order valence-corrected chi connectivity index (χ2v) is 4.13. The zero-order valence-electron chi connectivity index (χ0n) is 9.98. The molecule has 0 aliphatic rings. The van der Waals surface area contributed by atoms with Crippen molar-refractivity contribution >= 4 is 11.9 Å². The molecule has 0 unspecified atom stereocenters. The summed E-state index contributed by atoms with van der Waals surface area (Å²) < 4.78 is 12.6. The summed E-state index contributed by atoms with van der Waals surface area (Å²) in [5, 5.41) is 8.68. The maximum atomic E-state index is 10.8. The SMILES string of the molecule is [2H][C@@H](C(=O)O)[C@H](C[N+](C)(C)C)OC(C)=O. The van der Waals surface area contributed by atoms with Crippen molar-refractivity contribution in [1.29, 1.82) is 0 Å². The van der Waals surface area contributed by atoms with Crippen LogP contribution in [0.4, 0.5) is 0 Å². The van der Waals surface area contributed by atoms with Crippen LogP contribution < -0.4 is 0 Å². The highest BCUT2D eigenvalue weighted by atomic mass is 16.5. The van der Waals surface area contributed by atoms with Gasteiger partial charge in [0.05, 0.1) is 27.5 Å². The summed E-state index contributed by atoms with van der Waals surface area (Å²) in [4.78, 5) is 21.4. The monoisotopic (exact) mass is 205 g/mol. The van der Waals surface area contributed by atoms with E-state index in [2.05, 4.69) is 0 Å². The predicted molar refractivity (Wildman–Crippen MR) is 50.7 cm³/mol. The summed E-state index contributed by atoms with van der Waals surface area (Å²) in [7, 11) is 5.52. The lowest BCUT2D eigenvalue weighted by molar-refractivity contribution is -0.873. The van der Waals surface area contributed by atoms with Crippen molar-refractivity contribution in [1.82, 2.24) is 0 Å². The summed E-state index contributed by atoms with van der Waals surface area (Å²) >= 11 is 0. The van der Waals surface area contributed by atoms with Crippen LogP contribution in [-0.2, 0) is 14.3 Å². The number of esters is 1. The fourth-order valence-electron chi connectivity index (χ4n) is 1.04. The number of likely N-dealkylation sites (N-methyl/N-ethyl adjacent to an activating group) is 1. The topological polar surface area (TPSA) is 63.6 Å². The number of carbonyl (C=O) groups is 2. The quantitative estimate of drug-likeness (QED) is 0.510. The van der Waals surface area contributed by atoms with Gasteiger partial charge in [0, 0.05) is 8.29 Å². The molecule has 1 N–H and O–H groups in total. The van der Waals surface area contributed by atoms with Gasteiger partial charge in [-0.3, -0.25) is 9.59 Å². The first-order chi connectivity index (χ1) is 6.63. The molecule has 5 heteroatoms. The molecule has 5 nitrogen and oxygen atoms in total. The van der Waals surface area contributed by atoms with E-state index in [1.165, 1.54) is 6.92 Å². The van der Waals surface area contributed by atoms with E-state index in [1.807, 2.05) is 21.1 Å². The fourth-order valence-corrected chi connectivity index (χ4v) is 1.04. The van der Waals surface area contributed by atoms with Gasteiger partial charge in [0.15, 0.2) is 6.10 Å². The molecule has 0 aromatic carbocycles. The minimum Gasteiger partial charge on any atom is -0.481 e. The van der Waals surface area contributed by atoms with E-state index in [0.29, 0.717) is 11.0 Å². The first-order valence-electron chi connectivity index (χ1n) is 4.84. The average molecular weight is 205 g/mol. The normalized spacial score (nSPS) is 16.7. The largest absolute Gasteiger partial charge is 0.481 e. The van der Waals surface area contributed by atoms with Crippen LogP contribution in [0, 0.1) is 0 Å². The molecule has 0 saturated carbocycles. The molecule has 0 aromatic rings. The highest BCUT2D eigenvalue weighted by Gasteiger charge is 2.23. The highest BCUT2D eigenvalue weighted by molar-refractivity contribution is 5.69. The Balaban J connectivity index is 4.58. The molecule has 82 valence electrons. The third-order valence-corrected chi connectivity index (χ3v) is 1.37.